The third-order valence-electron chi connectivity index (χ3n) is 4.06. The number of alkyl carbamates (subject to hydrolysis) is 1. The highest BCUT2D eigenvalue weighted by Crippen LogP contribution is 2.34. The molecular formula is C15H28N2O6S. The van der Waals surface area contributed by atoms with Crippen LogP contribution in [0.15, 0.2) is 0 Å². The molecule has 1 amide bonds. The molecule has 1 aliphatic carbocycles. The van der Waals surface area contributed by atoms with Crippen molar-refractivity contribution in [2.24, 2.45) is 5.92 Å². The number of hydrogen-bond donors (Lipinski definition) is 4. The van der Waals surface area contributed by atoms with Gasteiger partial charge in [0, 0.05) is 21.2 Å². The molecule has 2 atom stereocenters. The van der Waals surface area contributed by atoms with Gasteiger partial charge < -0.3 is 20.3 Å². The summed E-state index contributed by atoms with van der Waals surface area (Å²) in [6.07, 6.45) is 1.58. The van der Waals surface area contributed by atoms with Crippen LogP contribution in [0.4, 0.5) is 4.79 Å². The maximum Gasteiger partial charge on any atom is 0.407 e. The minimum Gasteiger partial charge on any atom is -0.480 e. The van der Waals surface area contributed by atoms with Crippen molar-refractivity contribution in [1.82, 2.24) is 5.32 Å². The maximum atomic E-state index is 12.2. The highest BCUT2D eigenvalue weighted by atomic mass is 32.2. The number of amides is 1. The number of carboxylic acids is 1. The SMILES string of the molecule is CC(C)COC(=O)N[C@@H](CCS(=N)(=O)CCC1(O)CCC1)C(=O)O. The number of aliphatic hydroxyl groups is 1. The zero-order valence-electron chi connectivity index (χ0n) is 14.2. The fraction of sp³-hybridized carbons (Fsp3) is 0.867. The molecule has 0 radical (unpaired) electrons. The highest BCUT2D eigenvalue weighted by Gasteiger charge is 2.35. The fourth-order valence-electron chi connectivity index (χ4n) is 2.28. The Morgan fingerprint density at radius 1 is 1.33 bits per heavy atom. The molecule has 1 saturated carbocycles. The predicted octanol–water partition coefficient (Wildman–Crippen LogP) is 1.56. The fourth-order valence-corrected chi connectivity index (χ4v) is 3.81. The molecule has 8 nitrogen and oxygen atoms in total. The average molecular weight is 364 g/mol. The first-order valence-corrected chi connectivity index (χ1v) is 10.1. The van der Waals surface area contributed by atoms with Gasteiger partial charge in [-0.1, -0.05) is 13.8 Å². The van der Waals surface area contributed by atoms with Crippen molar-refractivity contribution < 1.29 is 28.7 Å². The normalized spacial score (nSPS) is 19.8. The number of aliphatic carboxylic acids is 1. The molecule has 9 heteroatoms. The maximum absolute atomic E-state index is 12.2. The standard InChI is InChI=1S/C15H28N2O6S/c1-11(2)10-23-14(20)17-12(13(18)19)4-8-24(16,22)9-7-15(21)5-3-6-15/h11-12,16,21H,3-10H2,1-2H3,(H,17,20)(H,18,19)/t12-,24?/m0/s1. The van der Waals surface area contributed by atoms with E-state index in [-0.39, 0.29) is 36.9 Å². The molecule has 24 heavy (non-hydrogen) atoms. The van der Waals surface area contributed by atoms with Crippen LogP contribution in [0.5, 0.6) is 0 Å². The van der Waals surface area contributed by atoms with E-state index in [0.717, 1.165) is 6.42 Å². The Bertz CT molecular complexity index is 542. The molecule has 1 rings (SSSR count). The van der Waals surface area contributed by atoms with E-state index in [4.69, 9.17) is 14.6 Å². The molecule has 0 aromatic rings. The largest absolute Gasteiger partial charge is 0.480 e. The molecule has 1 fully saturated rings. The van der Waals surface area contributed by atoms with Crippen molar-refractivity contribution in [3.63, 3.8) is 0 Å². The first-order valence-electron chi connectivity index (χ1n) is 8.16. The first-order chi connectivity index (χ1) is 11.0. The Labute approximate surface area is 142 Å². The molecule has 4 N–H and O–H groups in total. The third kappa shape index (κ3) is 7.48. The van der Waals surface area contributed by atoms with Gasteiger partial charge in [-0.2, -0.15) is 0 Å². The zero-order chi connectivity index (χ0) is 18.4. The van der Waals surface area contributed by atoms with Gasteiger partial charge in [0.1, 0.15) is 6.04 Å². The molecule has 140 valence electrons. The lowest BCUT2D eigenvalue weighted by atomic mass is 9.78. The van der Waals surface area contributed by atoms with Gasteiger partial charge in [-0.3, -0.25) is 4.78 Å². The third-order valence-corrected chi connectivity index (χ3v) is 5.81. The lowest BCUT2D eigenvalue weighted by molar-refractivity contribution is -0.139. The zero-order valence-corrected chi connectivity index (χ0v) is 15.1. The monoisotopic (exact) mass is 364 g/mol. The molecule has 0 aromatic heterocycles. The topological polar surface area (TPSA) is 137 Å². The summed E-state index contributed by atoms with van der Waals surface area (Å²) in [5.41, 5.74) is -0.811. The Hall–Kier alpha value is -1.35. The quantitative estimate of drug-likeness (QED) is 0.464. The molecule has 0 spiro atoms. The number of carbonyl (C=O) groups excluding carboxylic acids is 1. The highest BCUT2D eigenvalue weighted by molar-refractivity contribution is 7.92. The van der Waals surface area contributed by atoms with Crippen LogP contribution in [0.2, 0.25) is 0 Å². The lowest BCUT2D eigenvalue weighted by Gasteiger charge is -2.36. The second-order valence-corrected chi connectivity index (χ2v) is 9.30. The van der Waals surface area contributed by atoms with Crippen LogP contribution in [0.1, 0.15) is 46.0 Å². The molecule has 1 aliphatic rings. The second-order valence-electron chi connectivity index (χ2n) is 6.86. The van der Waals surface area contributed by atoms with Crippen molar-refractivity contribution in [3.05, 3.63) is 0 Å². The van der Waals surface area contributed by atoms with Crippen LogP contribution in [0, 0.1) is 10.7 Å². The number of rotatable bonds is 10. The summed E-state index contributed by atoms with van der Waals surface area (Å²) < 4.78 is 24.9. The van der Waals surface area contributed by atoms with Crippen LogP contribution < -0.4 is 5.32 Å². The first kappa shape index (κ1) is 20.7. The summed E-state index contributed by atoms with van der Waals surface area (Å²) in [5.74, 6) is -1.24. The van der Waals surface area contributed by atoms with E-state index in [1.54, 1.807) is 0 Å². The van der Waals surface area contributed by atoms with E-state index >= 15 is 0 Å². The molecule has 0 heterocycles. The second kappa shape index (κ2) is 8.66. The molecule has 0 bridgehead atoms. The number of carboxylic acid groups (broad SMARTS) is 1. The van der Waals surface area contributed by atoms with Gasteiger partial charge >= 0.3 is 12.1 Å². The minimum absolute atomic E-state index is 0.0354. The van der Waals surface area contributed by atoms with Crippen LogP contribution in [-0.4, -0.2) is 56.2 Å². The van der Waals surface area contributed by atoms with Crippen molar-refractivity contribution in [2.45, 2.75) is 57.6 Å². The molecule has 1 unspecified atom stereocenters. The number of ether oxygens (including phenoxy) is 1. The van der Waals surface area contributed by atoms with Gasteiger partial charge in [-0.15, -0.1) is 0 Å². The van der Waals surface area contributed by atoms with Crippen molar-refractivity contribution in [2.75, 3.05) is 18.1 Å². The van der Waals surface area contributed by atoms with E-state index in [0.29, 0.717) is 12.8 Å². The molecule has 0 aliphatic heterocycles. The number of nitrogens with one attached hydrogen (secondary N) is 2. The van der Waals surface area contributed by atoms with Gasteiger partial charge in [-0.05, 0) is 38.0 Å². The molecular weight excluding hydrogens is 336 g/mol. The minimum atomic E-state index is -3.00. The van der Waals surface area contributed by atoms with E-state index in [1.165, 1.54) is 0 Å². The van der Waals surface area contributed by atoms with Crippen molar-refractivity contribution >= 4 is 21.8 Å². The average Bonchev–Trinajstić information content (AvgIpc) is 2.45. The van der Waals surface area contributed by atoms with Crippen LogP contribution in [0.25, 0.3) is 0 Å². The van der Waals surface area contributed by atoms with Crippen LogP contribution >= 0.6 is 0 Å². The Morgan fingerprint density at radius 3 is 2.42 bits per heavy atom. The summed E-state index contributed by atoms with van der Waals surface area (Å²) in [6.45, 7) is 3.88. The van der Waals surface area contributed by atoms with Crippen molar-refractivity contribution in [3.8, 4) is 0 Å². The Kier molecular flexibility index (Phi) is 7.47. The smallest absolute Gasteiger partial charge is 0.407 e. The lowest BCUT2D eigenvalue weighted by Crippen LogP contribution is -2.43. The predicted molar refractivity (Wildman–Crippen MR) is 89.4 cm³/mol. The Morgan fingerprint density at radius 2 is 1.96 bits per heavy atom. The van der Waals surface area contributed by atoms with Crippen LogP contribution in [-0.2, 0) is 19.3 Å². The van der Waals surface area contributed by atoms with Crippen LogP contribution in [0.3, 0.4) is 0 Å². The summed E-state index contributed by atoms with van der Waals surface area (Å²) >= 11 is 0. The molecule has 0 saturated heterocycles. The number of hydrogen-bond acceptors (Lipinski definition) is 6. The van der Waals surface area contributed by atoms with Gasteiger partial charge in [0.25, 0.3) is 0 Å². The summed E-state index contributed by atoms with van der Waals surface area (Å²) in [4.78, 5) is 22.7. The van der Waals surface area contributed by atoms with Crippen molar-refractivity contribution in [1.29, 1.82) is 4.78 Å². The summed E-state index contributed by atoms with van der Waals surface area (Å²) in [5, 5.41) is 21.3. The summed E-state index contributed by atoms with van der Waals surface area (Å²) in [7, 11) is -3.00. The van der Waals surface area contributed by atoms with E-state index in [9.17, 15) is 18.9 Å². The van der Waals surface area contributed by atoms with Gasteiger partial charge in [0.05, 0.1) is 12.2 Å². The van der Waals surface area contributed by atoms with E-state index < -0.39 is 33.4 Å². The van der Waals surface area contributed by atoms with Gasteiger partial charge in [-0.25, -0.2) is 13.8 Å². The van der Waals surface area contributed by atoms with Gasteiger partial charge in [0.2, 0.25) is 0 Å². The summed E-state index contributed by atoms with van der Waals surface area (Å²) in [6, 6.07) is -1.25. The van der Waals surface area contributed by atoms with E-state index in [1.807, 2.05) is 13.8 Å². The molecule has 0 aromatic carbocycles. The van der Waals surface area contributed by atoms with E-state index in [2.05, 4.69) is 5.32 Å². The number of carbonyl (C=O) groups is 2. The van der Waals surface area contributed by atoms with Gasteiger partial charge in [0.15, 0.2) is 0 Å². The Balaban J connectivity index is 2.43.